The number of nitrogens with zero attached hydrogens (tertiary/aromatic N) is 5. The van der Waals surface area contributed by atoms with E-state index in [4.69, 9.17) is 4.98 Å². The summed E-state index contributed by atoms with van der Waals surface area (Å²) in [6.45, 7) is 9.52. The van der Waals surface area contributed by atoms with Crippen molar-refractivity contribution in [1.29, 1.82) is 0 Å². The summed E-state index contributed by atoms with van der Waals surface area (Å²) in [6, 6.07) is 9.95. The van der Waals surface area contributed by atoms with E-state index in [0.29, 0.717) is 36.1 Å². The van der Waals surface area contributed by atoms with E-state index < -0.39 is 11.0 Å². The fourth-order valence-corrected chi connectivity index (χ4v) is 7.31. The number of aryl methyl sites for hydroxylation is 1. The van der Waals surface area contributed by atoms with Gasteiger partial charge in [-0.1, -0.05) is 26.0 Å². The number of aliphatic hydroxyl groups is 1. The fraction of sp³-hybridized carbons (Fsp3) is 0.548. The van der Waals surface area contributed by atoms with Crippen LogP contribution < -0.4 is 5.32 Å². The first-order valence-electron chi connectivity index (χ1n) is 14.4. The molecule has 1 saturated carbocycles. The zero-order valence-electron chi connectivity index (χ0n) is 23.6. The maximum atomic E-state index is 13.6. The number of nitrogens with one attached hydrogen (secondary N) is 1. The summed E-state index contributed by atoms with van der Waals surface area (Å²) in [5.41, 5.74) is 4.70. The third-order valence-electron chi connectivity index (χ3n) is 9.09. The maximum absolute atomic E-state index is 13.6. The van der Waals surface area contributed by atoms with Crippen molar-refractivity contribution in [2.45, 2.75) is 82.8 Å². The Morgan fingerprint density at radius 2 is 2.03 bits per heavy atom. The van der Waals surface area contributed by atoms with Crippen molar-refractivity contribution in [3.8, 4) is 0 Å². The lowest BCUT2D eigenvalue weighted by atomic mass is 9.56. The first-order valence-corrected chi connectivity index (χ1v) is 14.4. The lowest BCUT2D eigenvalue weighted by Gasteiger charge is -2.51. The van der Waals surface area contributed by atoms with E-state index in [1.54, 1.807) is 6.33 Å². The lowest BCUT2D eigenvalue weighted by molar-refractivity contribution is -0.0646. The van der Waals surface area contributed by atoms with Crippen molar-refractivity contribution in [3.05, 3.63) is 70.6 Å². The average molecular weight is 529 g/mol. The molecule has 0 bridgehead atoms. The summed E-state index contributed by atoms with van der Waals surface area (Å²) in [5, 5.41) is 22.3. The molecular formula is C31H40N6O2. The van der Waals surface area contributed by atoms with Gasteiger partial charge in [0.2, 0.25) is 0 Å². The Bertz CT molecular complexity index is 1390. The van der Waals surface area contributed by atoms with E-state index >= 15 is 0 Å². The maximum Gasteiger partial charge on any atom is 0.274 e. The summed E-state index contributed by atoms with van der Waals surface area (Å²) >= 11 is 0. The molecule has 3 aliphatic rings. The summed E-state index contributed by atoms with van der Waals surface area (Å²) in [7, 11) is 1.93. The molecule has 3 heterocycles. The minimum atomic E-state index is -0.765. The minimum absolute atomic E-state index is 0.185. The molecule has 39 heavy (non-hydrogen) atoms. The molecule has 2 atom stereocenters. The lowest BCUT2D eigenvalue weighted by Crippen LogP contribution is -2.54. The number of piperidine rings is 1. The SMILES string of the molecule is CC1CCc2c(CN3CCC[C@H](C)C3)cc(C(=O)Nc3cccc(C4(c5nncn5C)CC(C)(O)C4)c3)nc21. The number of likely N-dealkylation sites (tertiary alicyclic amines) is 1. The van der Waals surface area contributed by atoms with Crippen molar-refractivity contribution >= 4 is 11.6 Å². The van der Waals surface area contributed by atoms with Gasteiger partial charge in [-0.3, -0.25) is 9.69 Å². The summed E-state index contributed by atoms with van der Waals surface area (Å²) in [4.78, 5) is 21.0. The Morgan fingerprint density at radius 3 is 2.74 bits per heavy atom. The van der Waals surface area contributed by atoms with Crippen LogP contribution in [0.15, 0.2) is 36.7 Å². The molecule has 1 amide bonds. The number of carbonyl (C=O) groups excluding carboxylic acids is 1. The molecule has 0 spiro atoms. The predicted octanol–water partition coefficient (Wildman–Crippen LogP) is 4.57. The smallest absolute Gasteiger partial charge is 0.274 e. The van der Waals surface area contributed by atoms with Crippen molar-refractivity contribution in [3.63, 3.8) is 0 Å². The van der Waals surface area contributed by atoms with E-state index in [1.807, 2.05) is 48.9 Å². The van der Waals surface area contributed by atoms with Crippen LogP contribution in [0.4, 0.5) is 5.69 Å². The van der Waals surface area contributed by atoms with Gasteiger partial charge in [-0.05, 0) is 98.7 Å². The van der Waals surface area contributed by atoms with Gasteiger partial charge in [0.25, 0.3) is 5.91 Å². The highest BCUT2D eigenvalue weighted by atomic mass is 16.3. The average Bonchev–Trinajstić information content (AvgIpc) is 3.48. The van der Waals surface area contributed by atoms with E-state index in [2.05, 4.69) is 34.3 Å². The normalized spacial score (nSPS) is 28.6. The van der Waals surface area contributed by atoms with Gasteiger partial charge in [-0.2, -0.15) is 0 Å². The van der Waals surface area contributed by atoms with Gasteiger partial charge < -0.3 is 15.0 Å². The number of amides is 1. The Balaban J connectivity index is 1.27. The molecule has 0 radical (unpaired) electrons. The van der Waals surface area contributed by atoms with E-state index in [1.165, 1.54) is 24.0 Å². The molecule has 2 fully saturated rings. The molecule has 8 heteroatoms. The molecular weight excluding hydrogens is 488 g/mol. The van der Waals surface area contributed by atoms with Crippen LogP contribution in [0.1, 0.15) is 97.5 Å². The first kappa shape index (κ1) is 26.1. The van der Waals surface area contributed by atoms with Crippen LogP contribution in [0.5, 0.6) is 0 Å². The number of benzene rings is 1. The summed E-state index contributed by atoms with van der Waals surface area (Å²) in [5.74, 6) is 1.72. The van der Waals surface area contributed by atoms with Gasteiger partial charge in [0, 0.05) is 31.5 Å². The molecule has 2 aromatic heterocycles. The number of hydrogen-bond acceptors (Lipinski definition) is 6. The van der Waals surface area contributed by atoms with Gasteiger partial charge in [0.15, 0.2) is 0 Å². The minimum Gasteiger partial charge on any atom is -0.390 e. The number of anilines is 1. The molecule has 206 valence electrons. The predicted molar refractivity (Wildman–Crippen MR) is 151 cm³/mol. The molecule has 1 aromatic carbocycles. The molecule has 8 nitrogen and oxygen atoms in total. The second-order valence-corrected chi connectivity index (χ2v) is 12.7. The van der Waals surface area contributed by atoms with E-state index in [9.17, 15) is 9.90 Å². The third kappa shape index (κ3) is 4.89. The standard InChI is InChI=1S/C31H40N6O2/c1-20-7-6-12-37(15-20)16-22-13-26(34-27-21(2)10-11-25(22)27)28(38)33-24-9-5-8-23(14-24)31(17-30(3,39)18-31)29-35-32-19-36(29)4/h5,8-9,13-14,19-21,39H,6-7,10-12,15-18H2,1-4H3,(H,33,38)/t20-,21?,30?,31?/m0/s1. The van der Waals surface area contributed by atoms with Crippen molar-refractivity contribution < 1.29 is 9.90 Å². The van der Waals surface area contributed by atoms with Gasteiger partial charge in [0.1, 0.15) is 17.8 Å². The number of hydrogen-bond donors (Lipinski definition) is 2. The Hall–Kier alpha value is -3.10. The first-order chi connectivity index (χ1) is 18.6. The zero-order chi connectivity index (χ0) is 27.4. The largest absolute Gasteiger partial charge is 0.390 e. The molecule has 1 aliphatic heterocycles. The molecule has 2 N–H and O–H groups in total. The molecule has 6 rings (SSSR count). The number of fused-ring (bicyclic) bond motifs is 1. The van der Waals surface area contributed by atoms with Gasteiger partial charge in [0.05, 0.1) is 11.0 Å². The highest BCUT2D eigenvalue weighted by Gasteiger charge is 2.55. The number of pyridine rings is 1. The number of carbonyl (C=O) groups is 1. The van der Waals surface area contributed by atoms with Crippen LogP contribution in [0.25, 0.3) is 0 Å². The van der Waals surface area contributed by atoms with Crippen molar-refractivity contribution in [2.24, 2.45) is 13.0 Å². The van der Waals surface area contributed by atoms with Crippen LogP contribution in [0.2, 0.25) is 0 Å². The second kappa shape index (κ2) is 9.82. The third-order valence-corrected chi connectivity index (χ3v) is 9.09. The highest BCUT2D eigenvalue weighted by Crippen LogP contribution is 2.53. The summed E-state index contributed by atoms with van der Waals surface area (Å²) in [6.07, 6.45) is 7.45. The van der Waals surface area contributed by atoms with Gasteiger partial charge in [-0.25, -0.2) is 4.98 Å². The van der Waals surface area contributed by atoms with Crippen LogP contribution in [0, 0.1) is 5.92 Å². The number of rotatable bonds is 6. The summed E-state index contributed by atoms with van der Waals surface area (Å²) < 4.78 is 1.92. The van der Waals surface area contributed by atoms with Gasteiger partial charge >= 0.3 is 0 Å². The quantitative estimate of drug-likeness (QED) is 0.486. The molecule has 1 saturated heterocycles. The van der Waals surface area contributed by atoms with E-state index in [-0.39, 0.29) is 5.91 Å². The molecule has 2 aliphatic carbocycles. The molecule has 3 aromatic rings. The topological polar surface area (TPSA) is 96.2 Å². The van der Waals surface area contributed by atoms with Crippen molar-refractivity contribution in [1.82, 2.24) is 24.6 Å². The van der Waals surface area contributed by atoms with Gasteiger partial charge in [-0.15, -0.1) is 10.2 Å². The Labute approximate surface area is 230 Å². The number of aromatic nitrogens is 4. The van der Waals surface area contributed by atoms with E-state index in [0.717, 1.165) is 49.6 Å². The second-order valence-electron chi connectivity index (χ2n) is 12.7. The Kier molecular flexibility index (Phi) is 6.58. The zero-order valence-corrected chi connectivity index (χ0v) is 23.6. The van der Waals surface area contributed by atoms with Crippen LogP contribution in [-0.2, 0) is 25.4 Å². The highest BCUT2D eigenvalue weighted by molar-refractivity contribution is 6.03. The monoisotopic (exact) mass is 528 g/mol. The van der Waals surface area contributed by atoms with Crippen LogP contribution in [-0.4, -0.2) is 54.4 Å². The Morgan fingerprint density at radius 1 is 1.21 bits per heavy atom. The van der Waals surface area contributed by atoms with Crippen LogP contribution >= 0.6 is 0 Å². The fourth-order valence-electron chi connectivity index (χ4n) is 7.31. The molecule has 1 unspecified atom stereocenters. The van der Waals surface area contributed by atoms with Crippen molar-refractivity contribution in [2.75, 3.05) is 18.4 Å². The van der Waals surface area contributed by atoms with Crippen LogP contribution in [0.3, 0.4) is 0 Å².